The van der Waals surface area contributed by atoms with E-state index in [2.05, 4.69) is 16.4 Å². The van der Waals surface area contributed by atoms with Gasteiger partial charge in [0.25, 0.3) is 5.56 Å². The van der Waals surface area contributed by atoms with Gasteiger partial charge in [-0.05, 0) is 30.0 Å². The lowest BCUT2D eigenvalue weighted by Gasteiger charge is -2.18. The first kappa shape index (κ1) is 15.1. The fraction of sp³-hybridized carbons (Fsp3) is 0.312. The molecule has 0 unspecified atom stereocenters. The molecule has 3 rings (SSSR count). The predicted octanol–water partition coefficient (Wildman–Crippen LogP) is 1.27. The van der Waals surface area contributed by atoms with Crippen LogP contribution in [0.4, 0.5) is 5.82 Å². The number of ether oxygens (including phenoxy) is 1. The SMILES string of the molecule is O=C(O)Cn1ccnc(NCc2ccc3c(c2)CCCO3)c1=O. The van der Waals surface area contributed by atoms with E-state index < -0.39 is 11.5 Å². The van der Waals surface area contributed by atoms with Crippen LogP contribution < -0.4 is 15.6 Å². The third-order valence-corrected chi connectivity index (χ3v) is 3.65. The molecular formula is C16H17N3O4. The lowest BCUT2D eigenvalue weighted by Crippen LogP contribution is -2.27. The van der Waals surface area contributed by atoms with Crippen molar-refractivity contribution in [2.75, 3.05) is 11.9 Å². The smallest absolute Gasteiger partial charge is 0.323 e. The Morgan fingerprint density at radius 3 is 3.13 bits per heavy atom. The molecule has 7 heteroatoms. The molecule has 1 aromatic carbocycles. The maximum atomic E-state index is 12.1. The van der Waals surface area contributed by atoms with E-state index in [1.54, 1.807) is 0 Å². The Balaban J connectivity index is 1.73. The van der Waals surface area contributed by atoms with Crippen molar-refractivity contribution in [3.05, 3.63) is 52.1 Å². The number of rotatable bonds is 5. The molecule has 2 heterocycles. The molecule has 120 valence electrons. The molecule has 1 aliphatic heterocycles. The van der Waals surface area contributed by atoms with Crippen molar-refractivity contribution in [2.24, 2.45) is 0 Å². The minimum Gasteiger partial charge on any atom is -0.493 e. The summed E-state index contributed by atoms with van der Waals surface area (Å²) < 4.78 is 6.68. The average molecular weight is 315 g/mol. The number of nitrogens with zero attached hydrogens (tertiary/aromatic N) is 2. The molecule has 0 spiro atoms. The fourth-order valence-corrected chi connectivity index (χ4v) is 2.55. The van der Waals surface area contributed by atoms with Gasteiger partial charge in [-0.25, -0.2) is 4.98 Å². The largest absolute Gasteiger partial charge is 0.493 e. The second-order valence-corrected chi connectivity index (χ2v) is 5.35. The van der Waals surface area contributed by atoms with Crippen LogP contribution in [0.15, 0.2) is 35.4 Å². The molecule has 7 nitrogen and oxygen atoms in total. The monoisotopic (exact) mass is 315 g/mol. The van der Waals surface area contributed by atoms with Gasteiger partial charge in [0.15, 0.2) is 5.82 Å². The Labute approximate surface area is 132 Å². The van der Waals surface area contributed by atoms with E-state index in [0.717, 1.165) is 35.3 Å². The van der Waals surface area contributed by atoms with Gasteiger partial charge in [0.05, 0.1) is 6.61 Å². The molecule has 0 bridgehead atoms. The summed E-state index contributed by atoms with van der Waals surface area (Å²) in [7, 11) is 0. The van der Waals surface area contributed by atoms with Crippen LogP contribution in [0.2, 0.25) is 0 Å². The zero-order valence-corrected chi connectivity index (χ0v) is 12.5. The molecule has 0 saturated heterocycles. The highest BCUT2D eigenvalue weighted by atomic mass is 16.5. The first-order chi connectivity index (χ1) is 11.1. The van der Waals surface area contributed by atoms with Gasteiger partial charge in [-0.1, -0.05) is 12.1 Å². The van der Waals surface area contributed by atoms with Crippen LogP contribution in [-0.2, 0) is 24.3 Å². The molecular weight excluding hydrogens is 298 g/mol. The van der Waals surface area contributed by atoms with Crippen LogP contribution in [0.1, 0.15) is 17.5 Å². The van der Waals surface area contributed by atoms with E-state index in [-0.39, 0.29) is 12.4 Å². The number of carbonyl (C=O) groups is 1. The number of fused-ring (bicyclic) bond motifs is 1. The van der Waals surface area contributed by atoms with Gasteiger partial charge in [0.2, 0.25) is 0 Å². The van der Waals surface area contributed by atoms with Crippen molar-refractivity contribution >= 4 is 11.8 Å². The number of benzene rings is 1. The van der Waals surface area contributed by atoms with Crippen LogP contribution in [0.25, 0.3) is 0 Å². The average Bonchev–Trinajstić information content (AvgIpc) is 2.55. The van der Waals surface area contributed by atoms with Crippen LogP contribution in [-0.4, -0.2) is 27.2 Å². The molecule has 1 aliphatic rings. The van der Waals surface area contributed by atoms with Crippen molar-refractivity contribution in [3.8, 4) is 5.75 Å². The molecule has 2 aromatic rings. The van der Waals surface area contributed by atoms with Crippen molar-refractivity contribution in [2.45, 2.75) is 25.9 Å². The molecule has 23 heavy (non-hydrogen) atoms. The van der Waals surface area contributed by atoms with E-state index >= 15 is 0 Å². The van der Waals surface area contributed by atoms with Gasteiger partial charge in [-0.15, -0.1) is 0 Å². The Morgan fingerprint density at radius 2 is 2.30 bits per heavy atom. The summed E-state index contributed by atoms with van der Waals surface area (Å²) in [5.74, 6) is -0.0108. The van der Waals surface area contributed by atoms with E-state index in [4.69, 9.17) is 9.84 Å². The number of aryl methyl sites for hydroxylation is 1. The summed E-state index contributed by atoms with van der Waals surface area (Å²) in [5, 5.41) is 11.8. The molecule has 0 aliphatic carbocycles. The van der Waals surface area contributed by atoms with E-state index in [1.165, 1.54) is 18.0 Å². The number of hydrogen-bond donors (Lipinski definition) is 2. The normalized spacial score (nSPS) is 13.0. The van der Waals surface area contributed by atoms with Gasteiger partial charge in [0, 0.05) is 18.9 Å². The highest BCUT2D eigenvalue weighted by molar-refractivity contribution is 5.66. The predicted molar refractivity (Wildman–Crippen MR) is 83.7 cm³/mol. The Morgan fingerprint density at radius 1 is 1.43 bits per heavy atom. The summed E-state index contributed by atoms with van der Waals surface area (Å²) in [6.45, 7) is 0.806. The minimum absolute atomic E-state index is 0.141. The maximum Gasteiger partial charge on any atom is 0.323 e. The zero-order chi connectivity index (χ0) is 16.2. The second-order valence-electron chi connectivity index (χ2n) is 5.35. The highest BCUT2D eigenvalue weighted by Crippen LogP contribution is 2.25. The molecule has 0 radical (unpaired) electrons. The summed E-state index contributed by atoms with van der Waals surface area (Å²) >= 11 is 0. The van der Waals surface area contributed by atoms with E-state index in [9.17, 15) is 9.59 Å². The zero-order valence-electron chi connectivity index (χ0n) is 12.5. The third-order valence-electron chi connectivity index (χ3n) is 3.65. The number of anilines is 1. The third kappa shape index (κ3) is 3.50. The maximum absolute atomic E-state index is 12.1. The number of carboxylic acids is 1. The number of aliphatic carboxylic acids is 1. The van der Waals surface area contributed by atoms with Crippen molar-refractivity contribution in [1.82, 2.24) is 9.55 Å². The molecule has 0 fully saturated rings. The fourth-order valence-electron chi connectivity index (χ4n) is 2.55. The summed E-state index contributed by atoms with van der Waals surface area (Å²) in [4.78, 5) is 26.8. The summed E-state index contributed by atoms with van der Waals surface area (Å²) in [6, 6.07) is 5.93. The second kappa shape index (κ2) is 6.51. The van der Waals surface area contributed by atoms with Crippen molar-refractivity contribution in [1.29, 1.82) is 0 Å². The van der Waals surface area contributed by atoms with Crippen LogP contribution in [0.5, 0.6) is 5.75 Å². The highest BCUT2D eigenvalue weighted by Gasteiger charge is 2.11. The van der Waals surface area contributed by atoms with Gasteiger partial charge >= 0.3 is 5.97 Å². The number of carboxylic acid groups (broad SMARTS) is 1. The Hall–Kier alpha value is -2.83. The summed E-state index contributed by atoms with van der Waals surface area (Å²) in [5.41, 5.74) is 1.74. The Kier molecular flexibility index (Phi) is 4.27. The van der Waals surface area contributed by atoms with Crippen LogP contribution in [0.3, 0.4) is 0 Å². The quantitative estimate of drug-likeness (QED) is 0.863. The van der Waals surface area contributed by atoms with Gasteiger partial charge < -0.3 is 15.2 Å². The molecule has 1 aromatic heterocycles. The number of aromatic nitrogens is 2. The number of hydrogen-bond acceptors (Lipinski definition) is 5. The molecule has 0 saturated carbocycles. The van der Waals surface area contributed by atoms with E-state index in [0.29, 0.717) is 6.54 Å². The van der Waals surface area contributed by atoms with Crippen LogP contribution in [0, 0.1) is 0 Å². The molecule has 2 N–H and O–H groups in total. The molecule has 0 amide bonds. The lowest BCUT2D eigenvalue weighted by molar-refractivity contribution is -0.137. The van der Waals surface area contributed by atoms with Crippen molar-refractivity contribution < 1.29 is 14.6 Å². The van der Waals surface area contributed by atoms with Crippen molar-refractivity contribution in [3.63, 3.8) is 0 Å². The summed E-state index contributed by atoms with van der Waals surface area (Å²) in [6.07, 6.45) is 4.76. The first-order valence-corrected chi connectivity index (χ1v) is 7.39. The lowest BCUT2D eigenvalue weighted by atomic mass is 10.0. The van der Waals surface area contributed by atoms with Gasteiger partial charge in [0.1, 0.15) is 12.3 Å². The number of nitrogens with one attached hydrogen (secondary N) is 1. The minimum atomic E-state index is -1.07. The van der Waals surface area contributed by atoms with E-state index in [1.807, 2.05) is 12.1 Å². The molecule has 0 atom stereocenters. The topological polar surface area (TPSA) is 93.4 Å². The first-order valence-electron chi connectivity index (χ1n) is 7.39. The van der Waals surface area contributed by atoms with Gasteiger partial charge in [-0.3, -0.25) is 14.2 Å². The standard InChI is InChI=1S/C16H17N3O4/c20-14(21)10-19-6-5-17-15(16(19)22)18-9-11-3-4-13-12(8-11)2-1-7-23-13/h3-6,8H,1-2,7,9-10H2,(H,17,18)(H,20,21). The Bertz CT molecular complexity index is 785. The van der Waals surface area contributed by atoms with Gasteiger partial charge in [-0.2, -0.15) is 0 Å². The van der Waals surface area contributed by atoms with Crippen LogP contribution >= 0.6 is 0 Å².